The molecule has 0 spiro atoms. The highest BCUT2D eigenvalue weighted by atomic mass is 16.5. The van der Waals surface area contributed by atoms with Gasteiger partial charge in [-0.2, -0.15) is 0 Å². The van der Waals surface area contributed by atoms with Gasteiger partial charge in [0.1, 0.15) is 5.75 Å². The molecule has 0 saturated carbocycles. The number of fused-ring (bicyclic) bond motifs is 4. The Morgan fingerprint density at radius 1 is 1.03 bits per heavy atom. The molecule has 4 aliphatic rings. The second-order valence-electron chi connectivity index (χ2n) is 9.61. The van der Waals surface area contributed by atoms with E-state index in [4.69, 9.17) is 4.74 Å². The average molecular weight is 398 g/mol. The zero-order valence-electron chi connectivity index (χ0n) is 17.7. The van der Waals surface area contributed by atoms with Crippen LogP contribution in [0.2, 0.25) is 0 Å². The average Bonchev–Trinajstić information content (AvgIpc) is 2.79. The smallest absolute Gasteiger partial charge is 0.225 e. The third-order valence-corrected chi connectivity index (χ3v) is 7.89. The number of amides is 1. The summed E-state index contributed by atoms with van der Waals surface area (Å²) in [5.74, 6) is 2.91. The molecule has 5 heteroatoms. The number of hydrogen-bond donors (Lipinski definition) is 1. The highest BCUT2D eigenvalue weighted by molar-refractivity contribution is 5.79. The maximum atomic E-state index is 13.2. The van der Waals surface area contributed by atoms with E-state index in [1.54, 1.807) is 7.11 Å². The van der Waals surface area contributed by atoms with Gasteiger partial charge in [0.2, 0.25) is 5.91 Å². The topological polar surface area (TPSA) is 44.8 Å². The number of carbonyl (C=O) groups is 1. The number of nitrogens with one attached hydrogen (secondary N) is 1. The predicted molar refractivity (Wildman–Crippen MR) is 114 cm³/mol. The summed E-state index contributed by atoms with van der Waals surface area (Å²) in [6.45, 7) is 5.09. The molecule has 0 aliphatic carbocycles. The molecule has 5 nitrogen and oxygen atoms in total. The van der Waals surface area contributed by atoms with Crippen molar-refractivity contribution in [2.75, 3.05) is 39.8 Å². The van der Waals surface area contributed by atoms with Crippen LogP contribution in [-0.2, 0) is 4.79 Å². The zero-order valence-corrected chi connectivity index (χ0v) is 17.7. The van der Waals surface area contributed by atoms with E-state index in [9.17, 15) is 4.79 Å². The van der Waals surface area contributed by atoms with Crippen molar-refractivity contribution in [3.05, 3.63) is 29.8 Å². The molecule has 0 radical (unpaired) electrons. The number of likely N-dealkylation sites (tertiary alicyclic amines) is 1. The first-order valence-corrected chi connectivity index (χ1v) is 11.6. The van der Waals surface area contributed by atoms with E-state index in [2.05, 4.69) is 39.4 Å². The summed E-state index contributed by atoms with van der Waals surface area (Å²) >= 11 is 0. The van der Waals surface area contributed by atoms with E-state index in [0.717, 1.165) is 51.3 Å². The molecule has 0 aromatic heterocycles. The van der Waals surface area contributed by atoms with Crippen molar-refractivity contribution in [1.82, 2.24) is 15.1 Å². The second-order valence-corrected chi connectivity index (χ2v) is 9.61. The fourth-order valence-corrected chi connectivity index (χ4v) is 6.50. The Hall–Kier alpha value is -1.59. The van der Waals surface area contributed by atoms with Gasteiger partial charge in [0.05, 0.1) is 7.11 Å². The van der Waals surface area contributed by atoms with Gasteiger partial charge in [-0.05, 0) is 81.1 Å². The highest BCUT2D eigenvalue weighted by Gasteiger charge is 2.46. The molecule has 158 valence electrons. The molecule has 4 heterocycles. The molecule has 0 unspecified atom stereocenters. The molecular formula is C24H35N3O2. The van der Waals surface area contributed by atoms with Gasteiger partial charge < -0.3 is 15.0 Å². The van der Waals surface area contributed by atoms with Gasteiger partial charge in [0.15, 0.2) is 0 Å². The molecule has 5 rings (SSSR count). The Bertz CT molecular complexity index is 715. The summed E-state index contributed by atoms with van der Waals surface area (Å²) in [7, 11) is 1.73. The monoisotopic (exact) mass is 397 g/mol. The lowest BCUT2D eigenvalue weighted by molar-refractivity contribution is -0.144. The molecule has 1 aromatic carbocycles. The minimum atomic E-state index is 0.254. The molecular weight excluding hydrogens is 362 g/mol. The van der Waals surface area contributed by atoms with E-state index < -0.39 is 0 Å². The number of methoxy groups -OCH3 is 1. The van der Waals surface area contributed by atoms with Crippen molar-refractivity contribution >= 4 is 5.91 Å². The Balaban J connectivity index is 1.30. The highest BCUT2D eigenvalue weighted by Crippen LogP contribution is 2.44. The van der Waals surface area contributed by atoms with Crippen molar-refractivity contribution < 1.29 is 9.53 Å². The van der Waals surface area contributed by atoms with Crippen molar-refractivity contribution in [1.29, 1.82) is 0 Å². The lowest BCUT2D eigenvalue weighted by Crippen LogP contribution is -2.61. The van der Waals surface area contributed by atoms with Crippen LogP contribution in [0.5, 0.6) is 5.75 Å². The van der Waals surface area contributed by atoms with E-state index in [1.807, 2.05) is 0 Å². The third kappa shape index (κ3) is 3.79. The van der Waals surface area contributed by atoms with Gasteiger partial charge in [-0.15, -0.1) is 0 Å². The van der Waals surface area contributed by atoms with E-state index >= 15 is 0 Å². The minimum Gasteiger partial charge on any atom is -0.497 e. The van der Waals surface area contributed by atoms with E-state index in [-0.39, 0.29) is 5.92 Å². The summed E-state index contributed by atoms with van der Waals surface area (Å²) in [5.41, 5.74) is 1.43. The van der Waals surface area contributed by atoms with Crippen LogP contribution in [0.1, 0.15) is 50.1 Å². The molecule has 4 atom stereocenters. The van der Waals surface area contributed by atoms with Crippen LogP contribution in [0.15, 0.2) is 24.3 Å². The number of hydrogen-bond acceptors (Lipinski definition) is 4. The first-order valence-electron chi connectivity index (χ1n) is 11.6. The number of ether oxygens (including phenoxy) is 1. The van der Waals surface area contributed by atoms with Gasteiger partial charge in [0.25, 0.3) is 0 Å². The Kier molecular flexibility index (Phi) is 5.53. The number of piperidine rings is 4. The molecule has 4 aliphatic heterocycles. The molecule has 29 heavy (non-hydrogen) atoms. The first-order chi connectivity index (χ1) is 14.2. The normalized spacial score (nSPS) is 33.2. The zero-order chi connectivity index (χ0) is 19.8. The number of nitrogens with zero attached hydrogens (tertiary/aromatic N) is 2. The van der Waals surface area contributed by atoms with E-state index in [0.29, 0.717) is 29.8 Å². The molecule has 1 N–H and O–H groups in total. The van der Waals surface area contributed by atoms with Gasteiger partial charge in [0, 0.05) is 37.6 Å². The summed E-state index contributed by atoms with van der Waals surface area (Å²) in [4.78, 5) is 18.2. The fraction of sp³-hybridized carbons (Fsp3) is 0.708. The molecule has 1 amide bonds. The van der Waals surface area contributed by atoms with Gasteiger partial charge in [-0.25, -0.2) is 0 Å². The Labute approximate surface area is 174 Å². The van der Waals surface area contributed by atoms with Crippen LogP contribution in [0.4, 0.5) is 0 Å². The standard InChI is InChI=1S/C24H35N3O2/c1-29-21-7-5-18(6-8-21)22-3-2-4-23-20-13-17(15-27(22)23)14-26(16-20)24(28)19-9-11-25-12-10-19/h5-8,17,19-20,22-23,25H,2-4,9-16H2,1H3/t17-,20+,22+,23-/m0/s1. The van der Waals surface area contributed by atoms with Gasteiger partial charge >= 0.3 is 0 Å². The number of carbonyl (C=O) groups excluding carboxylic acids is 1. The molecule has 4 fully saturated rings. The number of rotatable bonds is 3. The molecule has 4 saturated heterocycles. The fourth-order valence-electron chi connectivity index (χ4n) is 6.50. The SMILES string of the molecule is COc1ccc([C@H]2CCC[C@H]3[C@@H]4C[C@@H](CN(C(=O)C5CCNCC5)C4)CN23)cc1. The van der Waals surface area contributed by atoms with Gasteiger partial charge in [-0.1, -0.05) is 12.1 Å². The lowest BCUT2D eigenvalue weighted by atomic mass is 9.73. The summed E-state index contributed by atoms with van der Waals surface area (Å²) in [5, 5.41) is 3.39. The minimum absolute atomic E-state index is 0.254. The second kappa shape index (κ2) is 8.27. The summed E-state index contributed by atoms with van der Waals surface area (Å²) in [6, 6.07) is 9.87. The van der Waals surface area contributed by atoms with E-state index in [1.165, 1.54) is 31.2 Å². The Morgan fingerprint density at radius 2 is 1.83 bits per heavy atom. The van der Waals surface area contributed by atoms with Crippen molar-refractivity contribution in [3.8, 4) is 5.75 Å². The quantitative estimate of drug-likeness (QED) is 0.851. The van der Waals surface area contributed by atoms with Gasteiger partial charge in [-0.3, -0.25) is 9.69 Å². The van der Waals surface area contributed by atoms with Crippen LogP contribution in [0, 0.1) is 17.8 Å². The van der Waals surface area contributed by atoms with Crippen LogP contribution >= 0.6 is 0 Å². The molecule has 2 bridgehead atoms. The summed E-state index contributed by atoms with van der Waals surface area (Å²) in [6.07, 6.45) is 7.17. The van der Waals surface area contributed by atoms with Crippen LogP contribution in [0.3, 0.4) is 0 Å². The maximum absolute atomic E-state index is 13.2. The van der Waals surface area contributed by atoms with Crippen LogP contribution < -0.4 is 10.1 Å². The Morgan fingerprint density at radius 3 is 2.59 bits per heavy atom. The van der Waals surface area contributed by atoms with Crippen molar-refractivity contribution in [3.63, 3.8) is 0 Å². The first kappa shape index (κ1) is 19.4. The summed E-state index contributed by atoms with van der Waals surface area (Å²) < 4.78 is 5.35. The predicted octanol–water partition coefficient (Wildman–Crippen LogP) is 3.07. The number of benzene rings is 1. The maximum Gasteiger partial charge on any atom is 0.225 e. The lowest BCUT2D eigenvalue weighted by Gasteiger charge is -2.55. The third-order valence-electron chi connectivity index (χ3n) is 7.89. The molecule has 1 aromatic rings. The van der Waals surface area contributed by atoms with Crippen LogP contribution in [-0.4, -0.2) is 61.6 Å². The van der Waals surface area contributed by atoms with Crippen molar-refractivity contribution in [2.24, 2.45) is 17.8 Å². The largest absolute Gasteiger partial charge is 0.497 e. The van der Waals surface area contributed by atoms with Crippen molar-refractivity contribution in [2.45, 2.75) is 50.6 Å². The van der Waals surface area contributed by atoms with Crippen LogP contribution in [0.25, 0.3) is 0 Å².